The Kier molecular flexibility index (Phi) is 5.60. The first-order chi connectivity index (χ1) is 16.3. The summed E-state index contributed by atoms with van der Waals surface area (Å²) in [6.45, 7) is 4.65. The zero-order valence-electron chi connectivity index (χ0n) is 19.3. The molecule has 0 spiro atoms. The highest BCUT2D eigenvalue weighted by Gasteiger charge is 2.31. The molecule has 5 heterocycles. The third-order valence-electron chi connectivity index (χ3n) is 6.22. The number of hydrogen-bond acceptors (Lipinski definition) is 7. The Morgan fingerprint density at radius 3 is 2.76 bits per heavy atom. The lowest BCUT2D eigenvalue weighted by molar-refractivity contribution is -0.148. The summed E-state index contributed by atoms with van der Waals surface area (Å²) in [4.78, 5) is 35.9. The van der Waals surface area contributed by atoms with E-state index < -0.39 is 5.60 Å². The SMILES string of the molecule is CC(C)(O)C(=O)N1CCc2cnc(C(=O)Nc3cccc(-c4nnc5n4CCCC5)n3)cc2C1. The van der Waals surface area contributed by atoms with E-state index in [1.165, 1.54) is 13.8 Å². The number of pyridine rings is 2. The van der Waals surface area contributed by atoms with Crippen LogP contribution in [0.2, 0.25) is 0 Å². The lowest BCUT2D eigenvalue weighted by Gasteiger charge is -2.32. The molecule has 0 fully saturated rings. The van der Waals surface area contributed by atoms with Crippen molar-refractivity contribution >= 4 is 17.6 Å². The fourth-order valence-corrected chi connectivity index (χ4v) is 4.43. The minimum Gasteiger partial charge on any atom is -0.381 e. The van der Waals surface area contributed by atoms with Crippen molar-refractivity contribution in [1.29, 1.82) is 0 Å². The molecule has 0 bridgehead atoms. The normalized spacial score (nSPS) is 15.4. The van der Waals surface area contributed by atoms with Crippen molar-refractivity contribution in [2.24, 2.45) is 0 Å². The molecule has 3 aromatic heterocycles. The molecular formula is C24H27N7O3. The third-order valence-corrected chi connectivity index (χ3v) is 6.22. The Bertz CT molecular complexity index is 1260. The predicted octanol–water partition coefficient (Wildman–Crippen LogP) is 1.98. The van der Waals surface area contributed by atoms with Gasteiger partial charge < -0.3 is 19.9 Å². The molecule has 0 saturated heterocycles. The number of anilines is 1. The van der Waals surface area contributed by atoms with E-state index >= 15 is 0 Å². The summed E-state index contributed by atoms with van der Waals surface area (Å²) in [5, 5.41) is 21.5. The number of carbonyl (C=O) groups excluding carboxylic acids is 2. The Balaban J connectivity index is 1.33. The second-order valence-electron chi connectivity index (χ2n) is 9.28. The summed E-state index contributed by atoms with van der Waals surface area (Å²) in [5.41, 5.74) is 1.29. The molecular weight excluding hydrogens is 434 g/mol. The van der Waals surface area contributed by atoms with Crippen molar-refractivity contribution in [3.05, 3.63) is 53.1 Å². The quantitative estimate of drug-likeness (QED) is 0.608. The van der Waals surface area contributed by atoms with E-state index in [4.69, 9.17) is 0 Å². The summed E-state index contributed by atoms with van der Waals surface area (Å²) in [6, 6.07) is 7.10. The maximum absolute atomic E-state index is 12.9. The molecule has 0 aliphatic carbocycles. The Hall–Kier alpha value is -3.66. The maximum Gasteiger partial charge on any atom is 0.275 e. The maximum atomic E-state index is 12.9. The molecule has 0 unspecified atom stereocenters. The van der Waals surface area contributed by atoms with E-state index in [0.29, 0.717) is 36.8 Å². The molecule has 2 aliphatic heterocycles. The van der Waals surface area contributed by atoms with Gasteiger partial charge in [0, 0.05) is 32.3 Å². The van der Waals surface area contributed by atoms with Gasteiger partial charge in [0.2, 0.25) is 0 Å². The second-order valence-corrected chi connectivity index (χ2v) is 9.28. The fraction of sp³-hybridized carbons (Fsp3) is 0.417. The van der Waals surface area contributed by atoms with Gasteiger partial charge in [-0.05, 0) is 62.4 Å². The van der Waals surface area contributed by atoms with Crippen LogP contribution in [-0.2, 0) is 30.7 Å². The largest absolute Gasteiger partial charge is 0.381 e. The van der Waals surface area contributed by atoms with Crippen molar-refractivity contribution in [3.63, 3.8) is 0 Å². The van der Waals surface area contributed by atoms with Gasteiger partial charge in [-0.3, -0.25) is 14.6 Å². The molecule has 5 rings (SSSR count). The number of fused-ring (bicyclic) bond motifs is 2. The van der Waals surface area contributed by atoms with Crippen molar-refractivity contribution in [2.45, 2.75) is 58.2 Å². The summed E-state index contributed by atoms with van der Waals surface area (Å²) < 4.78 is 2.09. The van der Waals surface area contributed by atoms with Crippen LogP contribution in [0.25, 0.3) is 11.5 Å². The highest BCUT2D eigenvalue weighted by molar-refractivity contribution is 6.02. The van der Waals surface area contributed by atoms with E-state index in [9.17, 15) is 14.7 Å². The molecule has 0 aromatic carbocycles. The molecule has 0 saturated carbocycles. The van der Waals surface area contributed by atoms with E-state index in [0.717, 1.165) is 42.8 Å². The number of nitrogens with one attached hydrogen (secondary N) is 1. The molecule has 176 valence electrons. The van der Waals surface area contributed by atoms with E-state index in [2.05, 4.69) is 30.0 Å². The first kappa shape index (κ1) is 22.1. The predicted molar refractivity (Wildman–Crippen MR) is 124 cm³/mol. The molecule has 2 aliphatic rings. The van der Waals surface area contributed by atoms with Crippen LogP contribution in [0, 0.1) is 0 Å². The molecule has 0 atom stereocenters. The highest BCUT2D eigenvalue weighted by Crippen LogP contribution is 2.24. The van der Waals surface area contributed by atoms with Crippen molar-refractivity contribution in [3.8, 4) is 11.5 Å². The number of rotatable bonds is 4. The molecule has 3 aromatic rings. The van der Waals surface area contributed by atoms with Gasteiger partial charge in [-0.2, -0.15) is 0 Å². The summed E-state index contributed by atoms with van der Waals surface area (Å²) >= 11 is 0. The standard InChI is InChI=1S/C24H27N7O3/c1-24(2,34)23(33)30-11-9-15-13-25-18(12-16(15)14-30)22(32)27-19-7-5-6-17(26-19)21-29-28-20-8-3-4-10-31(20)21/h5-7,12-13,34H,3-4,8-11,14H2,1-2H3,(H,26,27,32). The average Bonchev–Trinajstić information content (AvgIpc) is 3.27. The Labute approximate surface area is 197 Å². The molecule has 10 heteroatoms. The smallest absolute Gasteiger partial charge is 0.275 e. The van der Waals surface area contributed by atoms with Crippen LogP contribution in [0.5, 0.6) is 0 Å². The van der Waals surface area contributed by atoms with Crippen LogP contribution in [0.1, 0.15) is 54.1 Å². The van der Waals surface area contributed by atoms with Crippen molar-refractivity contribution < 1.29 is 14.7 Å². The summed E-state index contributed by atoms with van der Waals surface area (Å²) in [6.07, 6.45) is 5.41. The molecule has 2 amide bonds. The van der Waals surface area contributed by atoms with Crippen molar-refractivity contribution in [1.82, 2.24) is 29.6 Å². The van der Waals surface area contributed by atoms with Gasteiger partial charge in [-0.15, -0.1) is 10.2 Å². The van der Waals surface area contributed by atoms with E-state index in [1.54, 1.807) is 23.2 Å². The van der Waals surface area contributed by atoms with Gasteiger partial charge >= 0.3 is 0 Å². The third kappa shape index (κ3) is 4.28. The van der Waals surface area contributed by atoms with Crippen LogP contribution in [0.4, 0.5) is 5.82 Å². The van der Waals surface area contributed by atoms with Gasteiger partial charge in [-0.25, -0.2) is 4.98 Å². The summed E-state index contributed by atoms with van der Waals surface area (Å²) in [7, 11) is 0. The van der Waals surface area contributed by atoms with Crippen LogP contribution >= 0.6 is 0 Å². The summed E-state index contributed by atoms with van der Waals surface area (Å²) in [5.74, 6) is 1.34. The number of aliphatic hydroxyl groups is 1. The number of nitrogens with zero attached hydrogens (tertiary/aromatic N) is 6. The minimum absolute atomic E-state index is 0.239. The van der Waals surface area contributed by atoms with Crippen LogP contribution in [-0.4, -0.2) is 58.7 Å². The van der Waals surface area contributed by atoms with Crippen molar-refractivity contribution in [2.75, 3.05) is 11.9 Å². The zero-order valence-corrected chi connectivity index (χ0v) is 19.3. The van der Waals surface area contributed by atoms with Crippen LogP contribution < -0.4 is 5.32 Å². The fourth-order valence-electron chi connectivity index (χ4n) is 4.43. The molecule has 2 N–H and O–H groups in total. The number of amides is 2. The Morgan fingerprint density at radius 1 is 1.09 bits per heavy atom. The average molecular weight is 462 g/mol. The number of aromatic nitrogens is 5. The van der Waals surface area contributed by atoms with E-state index in [1.807, 2.05) is 12.1 Å². The van der Waals surface area contributed by atoms with Gasteiger partial charge in [0.25, 0.3) is 11.8 Å². The number of hydrogen-bond donors (Lipinski definition) is 2. The molecule has 10 nitrogen and oxygen atoms in total. The van der Waals surface area contributed by atoms with Gasteiger partial charge in [0.05, 0.1) is 0 Å². The number of carbonyl (C=O) groups is 2. The highest BCUT2D eigenvalue weighted by atomic mass is 16.3. The minimum atomic E-state index is -1.44. The first-order valence-corrected chi connectivity index (χ1v) is 11.5. The monoisotopic (exact) mass is 461 g/mol. The lowest BCUT2D eigenvalue weighted by atomic mass is 9.99. The van der Waals surface area contributed by atoms with Gasteiger partial charge in [0.15, 0.2) is 5.82 Å². The van der Waals surface area contributed by atoms with Crippen LogP contribution in [0.3, 0.4) is 0 Å². The van der Waals surface area contributed by atoms with Gasteiger partial charge in [0.1, 0.15) is 28.6 Å². The molecule has 34 heavy (non-hydrogen) atoms. The van der Waals surface area contributed by atoms with Gasteiger partial charge in [-0.1, -0.05) is 6.07 Å². The first-order valence-electron chi connectivity index (χ1n) is 11.5. The molecule has 0 radical (unpaired) electrons. The Morgan fingerprint density at radius 2 is 1.94 bits per heavy atom. The zero-order chi connectivity index (χ0) is 23.9. The second kappa shape index (κ2) is 8.60. The van der Waals surface area contributed by atoms with Crippen LogP contribution in [0.15, 0.2) is 30.5 Å². The number of aryl methyl sites for hydroxylation is 1. The topological polar surface area (TPSA) is 126 Å². The lowest BCUT2D eigenvalue weighted by Crippen LogP contribution is -2.47. The van der Waals surface area contributed by atoms with E-state index in [-0.39, 0.29) is 17.5 Å².